The van der Waals surface area contributed by atoms with Gasteiger partial charge in [-0.3, -0.25) is 0 Å². The van der Waals surface area contributed by atoms with Crippen molar-refractivity contribution in [3.63, 3.8) is 0 Å². The van der Waals surface area contributed by atoms with Crippen molar-refractivity contribution in [1.29, 1.82) is 0 Å². The summed E-state index contributed by atoms with van der Waals surface area (Å²) in [6.07, 6.45) is -0.134. The summed E-state index contributed by atoms with van der Waals surface area (Å²) in [7, 11) is 0. The molecule has 0 unspecified atom stereocenters. The van der Waals surface area contributed by atoms with Gasteiger partial charge in [-0.05, 0) is 18.4 Å². The molecular weight excluding hydrogens is 313 g/mol. The quantitative estimate of drug-likeness (QED) is 0.638. The molecule has 1 heterocycles. The maximum atomic E-state index is 13.6. The largest absolute Gasteiger partial charge is 0.299 e. The highest BCUT2D eigenvalue weighted by Crippen LogP contribution is 2.22. The molecule has 0 fully saturated rings. The van der Waals surface area contributed by atoms with Crippen molar-refractivity contribution in [3.05, 3.63) is 40.4 Å². The third-order valence-electron chi connectivity index (χ3n) is 2.32. The van der Waals surface area contributed by atoms with Crippen LogP contribution in [0.15, 0.2) is 28.5 Å². The molecular formula is C11H8ClF3N4S. The average Bonchev–Trinajstić information content (AvgIpc) is 2.81. The average molecular weight is 321 g/mol. The first-order chi connectivity index (χ1) is 9.54. The normalized spacial score (nSPS) is 11.7. The smallest absolute Gasteiger partial charge is 0.206 e. The monoisotopic (exact) mass is 320 g/mol. The van der Waals surface area contributed by atoms with Crippen molar-refractivity contribution >= 4 is 29.6 Å². The molecule has 0 atom stereocenters. The molecule has 2 aromatic rings. The SMILES string of the molecule is CSc1nnc(C(F)F)n1/N=C/c1c(F)cccc1Cl. The Balaban J connectivity index is 2.43. The minimum absolute atomic E-state index is 0.00939. The molecule has 0 radical (unpaired) electrons. The number of nitrogens with zero attached hydrogens (tertiary/aromatic N) is 4. The van der Waals surface area contributed by atoms with Crippen LogP contribution < -0.4 is 0 Å². The molecule has 0 saturated carbocycles. The van der Waals surface area contributed by atoms with Crippen molar-refractivity contribution in [2.24, 2.45) is 5.10 Å². The Morgan fingerprint density at radius 3 is 2.75 bits per heavy atom. The van der Waals surface area contributed by atoms with Gasteiger partial charge in [0.05, 0.1) is 11.2 Å². The molecule has 0 bridgehead atoms. The van der Waals surface area contributed by atoms with Gasteiger partial charge in [-0.1, -0.05) is 29.4 Å². The van der Waals surface area contributed by atoms with Gasteiger partial charge >= 0.3 is 0 Å². The number of thioether (sulfide) groups is 1. The van der Waals surface area contributed by atoms with E-state index in [1.165, 1.54) is 18.2 Å². The summed E-state index contributed by atoms with van der Waals surface area (Å²) in [6.45, 7) is 0. The van der Waals surface area contributed by atoms with Crippen molar-refractivity contribution < 1.29 is 13.2 Å². The van der Waals surface area contributed by atoms with Crippen molar-refractivity contribution in [1.82, 2.24) is 14.9 Å². The Labute approximate surface area is 121 Å². The van der Waals surface area contributed by atoms with Crippen LogP contribution in [0.2, 0.25) is 5.02 Å². The van der Waals surface area contributed by atoms with Crippen LogP contribution in [0.5, 0.6) is 0 Å². The molecule has 1 aromatic carbocycles. The standard InChI is InChI=1S/C11H8ClF3N4S/c1-20-11-18-17-10(9(14)15)19(11)16-5-6-7(12)3-2-4-8(6)13/h2-5,9H,1H3/b16-5+. The third kappa shape index (κ3) is 2.96. The van der Waals surface area contributed by atoms with E-state index in [1.54, 1.807) is 6.26 Å². The number of aromatic nitrogens is 3. The lowest BCUT2D eigenvalue weighted by Crippen LogP contribution is -2.01. The second-order valence-corrected chi connectivity index (χ2v) is 4.72. The predicted octanol–water partition coefficient (Wildman–Crippen LogP) is 3.61. The molecule has 4 nitrogen and oxygen atoms in total. The molecule has 0 spiro atoms. The van der Waals surface area contributed by atoms with Gasteiger partial charge in [0.2, 0.25) is 11.0 Å². The molecule has 2 rings (SSSR count). The van der Waals surface area contributed by atoms with Gasteiger partial charge in [0.25, 0.3) is 6.43 Å². The Morgan fingerprint density at radius 2 is 2.15 bits per heavy atom. The highest BCUT2D eigenvalue weighted by molar-refractivity contribution is 7.98. The lowest BCUT2D eigenvalue weighted by Gasteiger charge is -2.03. The molecule has 106 valence electrons. The topological polar surface area (TPSA) is 43.1 Å². The minimum atomic E-state index is -2.84. The molecule has 0 amide bonds. The number of hydrogen-bond donors (Lipinski definition) is 0. The van der Waals surface area contributed by atoms with Gasteiger partial charge < -0.3 is 0 Å². The van der Waals surface area contributed by atoms with Crippen LogP contribution in [0, 0.1) is 5.82 Å². The second kappa shape index (κ2) is 6.27. The van der Waals surface area contributed by atoms with E-state index < -0.39 is 18.1 Å². The fraction of sp³-hybridized carbons (Fsp3) is 0.182. The van der Waals surface area contributed by atoms with E-state index in [-0.39, 0.29) is 15.7 Å². The van der Waals surface area contributed by atoms with Crippen LogP contribution in [0.25, 0.3) is 0 Å². The second-order valence-electron chi connectivity index (χ2n) is 3.54. The van der Waals surface area contributed by atoms with Gasteiger partial charge in [-0.2, -0.15) is 9.78 Å². The number of hydrogen-bond acceptors (Lipinski definition) is 4. The first-order valence-corrected chi connectivity index (χ1v) is 6.90. The first-order valence-electron chi connectivity index (χ1n) is 5.30. The summed E-state index contributed by atoms with van der Waals surface area (Å²) in [5, 5.41) is 11.0. The molecule has 0 aliphatic heterocycles. The third-order valence-corrected chi connectivity index (χ3v) is 3.27. The van der Waals surface area contributed by atoms with Crippen LogP contribution in [-0.2, 0) is 0 Å². The van der Waals surface area contributed by atoms with Gasteiger partial charge in [0.15, 0.2) is 0 Å². The molecule has 0 saturated heterocycles. The van der Waals surface area contributed by atoms with Gasteiger partial charge in [-0.25, -0.2) is 13.2 Å². The van der Waals surface area contributed by atoms with E-state index in [4.69, 9.17) is 11.6 Å². The number of rotatable bonds is 4. The summed E-state index contributed by atoms with van der Waals surface area (Å²) < 4.78 is 39.9. The lowest BCUT2D eigenvalue weighted by atomic mass is 10.2. The summed E-state index contributed by atoms with van der Waals surface area (Å²) in [4.78, 5) is 0. The predicted molar refractivity (Wildman–Crippen MR) is 71.2 cm³/mol. The zero-order valence-electron chi connectivity index (χ0n) is 10.1. The highest BCUT2D eigenvalue weighted by Gasteiger charge is 2.19. The summed E-state index contributed by atoms with van der Waals surface area (Å²) >= 11 is 6.91. The molecule has 0 aliphatic rings. The van der Waals surface area contributed by atoms with Gasteiger partial charge in [0.1, 0.15) is 5.82 Å². The van der Waals surface area contributed by atoms with E-state index >= 15 is 0 Å². The number of benzene rings is 1. The van der Waals surface area contributed by atoms with E-state index in [0.717, 1.165) is 22.7 Å². The van der Waals surface area contributed by atoms with Crippen LogP contribution in [0.4, 0.5) is 13.2 Å². The molecule has 0 aliphatic carbocycles. The number of halogens is 4. The highest BCUT2D eigenvalue weighted by atomic mass is 35.5. The van der Waals surface area contributed by atoms with Gasteiger partial charge in [-0.15, -0.1) is 10.2 Å². The first kappa shape index (κ1) is 14.9. The Kier molecular flexibility index (Phi) is 4.66. The zero-order chi connectivity index (χ0) is 14.7. The van der Waals surface area contributed by atoms with Crippen molar-refractivity contribution in [2.75, 3.05) is 6.26 Å². The molecule has 9 heteroatoms. The summed E-state index contributed by atoms with van der Waals surface area (Å²) in [5.41, 5.74) is 0.00939. The maximum absolute atomic E-state index is 13.6. The zero-order valence-corrected chi connectivity index (χ0v) is 11.7. The van der Waals surface area contributed by atoms with Crippen LogP contribution in [0.3, 0.4) is 0 Å². The van der Waals surface area contributed by atoms with Crippen LogP contribution in [0.1, 0.15) is 17.8 Å². The summed E-state index contributed by atoms with van der Waals surface area (Å²) in [6, 6.07) is 4.11. The fourth-order valence-electron chi connectivity index (χ4n) is 1.40. The van der Waals surface area contributed by atoms with Crippen LogP contribution in [-0.4, -0.2) is 27.3 Å². The minimum Gasteiger partial charge on any atom is -0.206 e. The molecule has 1 aromatic heterocycles. The van der Waals surface area contributed by atoms with E-state index in [1.807, 2.05) is 0 Å². The van der Waals surface area contributed by atoms with Crippen molar-refractivity contribution in [3.8, 4) is 0 Å². The Morgan fingerprint density at radius 1 is 1.40 bits per heavy atom. The Bertz CT molecular complexity index is 624. The lowest BCUT2D eigenvalue weighted by molar-refractivity contribution is 0.135. The fourth-order valence-corrected chi connectivity index (χ4v) is 2.05. The van der Waals surface area contributed by atoms with E-state index in [2.05, 4.69) is 15.3 Å². The summed E-state index contributed by atoms with van der Waals surface area (Å²) in [5.74, 6) is -1.21. The Hall–Kier alpha value is -1.54. The van der Waals surface area contributed by atoms with E-state index in [9.17, 15) is 13.2 Å². The van der Waals surface area contributed by atoms with Gasteiger partial charge in [0, 0.05) is 5.56 Å². The van der Waals surface area contributed by atoms with Crippen molar-refractivity contribution in [2.45, 2.75) is 11.6 Å². The maximum Gasteiger partial charge on any atom is 0.299 e. The molecule has 20 heavy (non-hydrogen) atoms. The van der Waals surface area contributed by atoms with Crippen LogP contribution >= 0.6 is 23.4 Å². The number of alkyl halides is 2. The van der Waals surface area contributed by atoms with E-state index in [0.29, 0.717) is 0 Å². The molecule has 0 N–H and O–H groups in total.